The molecule has 1 aliphatic carbocycles. The molecule has 0 atom stereocenters. The van der Waals surface area contributed by atoms with Crippen molar-refractivity contribution in [3.63, 3.8) is 0 Å². The van der Waals surface area contributed by atoms with Gasteiger partial charge >= 0.3 is 0 Å². The number of hydrogen-bond donors (Lipinski definition) is 0. The van der Waals surface area contributed by atoms with Gasteiger partial charge in [0.15, 0.2) is 0 Å². The molecule has 3 rings (SSSR count). The zero-order chi connectivity index (χ0) is 24.8. The molecular weight excluding hydrogens is 420 g/mol. The number of rotatable bonds is 6. The summed E-state index contributed by atoms with van der Waals surface area (Å²) < 4.78 is 0. The first-order chi connectivity index (χ1) is 15.9. The van der Waals surface area contributed by atoms with Crippen LogP contribution in [0.4, 0.5) is 0 Å². The maximum absolute atomic E-state index is 8.81. The van der Waals surface area contributed by atoms with Gasteiger partial charge in [-0.25, -0.2) is 0 Å². The molecule has 0 bridgehead atoms. The van der Waals surface area contributed by atoms with Gasteiger partial charge in [-0.3, -0.25) is 0 Å². The number of thioether (sulfide) groups is 1. The predicted octanol–water partition coefficient (Wildman–Crippen LogP) is 9.22. The molecule has 0 fully saturated rings. The first-order valence-corrected chi connectivity index (χ1v) is 13.4. The van der Waals surface area contributed by atoms with Crippen LogP contribution in [0.15, 0.2) is 47.9 Å². The van der Waals surface area contributed by atoms with Crippen molar-refractivity contribution in [1.29, 1.82) is 0 Å². The van der Waals surface area contributed by atoms with Crippen molar-refractivity contribution in [1.82, 2.24) is 0 Å². The number of carbonyl (C=O) groups is 1. The minimum Gasteiger partial charge on any atom is -0.304 e. The molecule has 0 unspecified atom stereocenters. The third-order valence-corrected chi connectivity index (χ3v) is 7.01. The zero-order valence-electron chi connectivity index (χ0n) is 22.0. The van der Waals surface area contributed by atoms with E-state index in [1.165, 1.54) is 72.4 Å². The average molecular weight is 465 g/mol. The highest BCUT2D eigenvalue weighted by molar-refractivity contribution is 8.10. The van der Waals surface area contributed by atoms with Crippen LogP contribution in [0.2, 0.25) is 0 Å². The lowest BCUT2D eigenvalue weighted by molar-refractivity contribution is -0.106. The third kappa shape index (κ3) is 9.37. The zero-order valence-corrected chi connectivity index (χ0v) is 22.8. The Bertz CT molecular complexity index is 936. The molecule has 0 heterocycles. The van der Waals surface area contributed by atoms with Crippen LogP contribution in [0.1, 0.15) is 92.8 Å². The van der Waals surface area contributed by atoms with E-state index in [9.17, 15) is 0 Å². The molecule has 33 heavy (non-hydrogen) atoms. The maximum atomic E-state index is 8.81. The molecule has 1 nitrogen and oxygen atoms in total. The lowest BCUT2D eigenvalue weighted by atomic mass is 9.95. The third-order valence-electron chi connectivity index (χ3n) is 5.97. The number of aldehydes is 1. The van der Waals surface area contributed by atoms with Crippen LogP contribution in [0.3, 0.4) is 0 Å². The van der Waals surface area contributed by atoms with Crippen LogP contribution in [0.5, 0.6) is 0 Å². The number of allylic oxidation sites excluding steroid dienone is 1. The number of benzene rings is 2. The van der Waals surface area contributed by atoms with Crippen molar-refractivity contribution >= 4 is 23.0 Å². The van der Waals surface area contributed by atoms with E-state index in [1.807, 2.05) is 13.8 Å². The molecule has 2 aromatic carbocycles. The van der Waals surface area contributed by atoms with E-state index < -0.39 is 0 Å². The van der Waals surface area contributed by atoms with Gasteiger partial charge in [0.1, 0.15) is 6.29 Å². The second kappa shape index (κ2) is 15.7. The summed E-state index contributed by atoms with van der Waals surface area (Å²) >= 11 is 1.78. The largest absolute Gasteiger partial charge is 0.304 e. The van der Waals surface area contributed by atoms with Crippen LogP contribution in [0, 0.1) is 13.8 Å². The molecule has 2 heteroatoms. The van der Waals surface area contributed by atoms with Crippen molar-refractivity contribution in [2.45, 2.75) is 93.4 Å². The fraction of sp³-hybridized carbons (Fsp3) is 0.452. The second-order valence-corrected chi connectivity index (χ2v) is 9.48. The number of aryl methyl sites for hydroxylation is 5. The number of hydrogen-bond acceptors (Lipinski definition) is 2. The Hall–Kier alpha value is -2.06. The first-order valence-electron chi connectivity index (χ1n) is 12.5. The van der Waals surface area contributed by atoms with Crippen LogP contribution in [-0.4, -0.2) is 6.29 Å². The molecule has 180 valence electrons. The molecular formula is C31H44OS. The van der Waals surface area contributed by atoms with E-state index in [0.29, 0.717) is 0 Å². The lowest BCUT2D eigenvalue weighted by Crippen LogP contribution is -1.96. The van der Waals surface area contributed by atoms with E-state index in [1.54, 1.807) is 22.9 Å². The van der Waals surface area contributed by atoms with Crippen LogP contribution in [-0.2, 0) is 30.5 Å². The molecule has 0 amide bonds. The molecule has 1 aliphatic rings. The molecule has 0 saturated carbocycles. The Morgan fingerprint density at radius 3 is 2.21 bits per heavy atom. The normalized spacial score (nSPS) is 12.9. The molecule has 0 aromatic heterocycles. The Morgan fingerprint density at radius 2 is 1.58 bits per heavy atom. The smallest absolute Gasteiger partial charge is 0.116 e. The molecule has 0 N–H and O–H groups in total. The number of carbonyl (C=O) groups excluding carboxylic acids is 1. The average Bonchev–Trinajstić information content (AvgIpc) is 3.06. The van der Waals surface area contributed by atoms with Gasteiger partial charge in [0.2, 0.25) is 0 Å². The second-order valence-electron chi connectivity index (χ2n) is 8.52. The summed E-state index contributed by atoms with van der Waals surface area (Å²) in [5.41, 5.74) is 11.5. The minimum absolute atomic E-state index is 0.750. The summed E-state index contributed by atoms with van der Waals surface area (Å²) in [4.78, 5) is 9.96. The highest BCUT2D eigenvalue weighted by atomic mass is 32.2. The summed E-state index contributed by atoms with van der Waals surface area (Å²) in [6.45, 7) is 18.7. The Morgan fingerprint density at radius 1 is 0.970 bits per heavy atom. The SMILES string of the molecule is C=C(S/C=C(\C)Cc1cc(CC)c(C)cc1C)c1ccc2c(c1)CCCCC2.CC.CC=O. The van der Waals surface area contributed by atoms with Gasteiger partial charge in [0.05, 0.1) is 0 Å². The quantitative estimate of drug-likeness (QED) is 0.313. The van der Waals surface area contributed by atoms with E-state index in [2.05, 4.69) is 70.0 Å². The summed E-state index contributed by atoms with van der Waals surface area (Å²) in [6.07, 6.45) is 9.36. The first kappa shape index (κ1) is 29.0. The molecule has 0 saturated heterocycles. The summed E-state index contributed by atoms with van der Waals surface area (Å²) in [5.74, 6) is 0. The Labute approximate surface area is 207 Å². The number of fused-ring (bicyclic) bond motifs is 1. The van der Waals surface area contributed by atoms with Crippen molar-refractivity contribution < 1.29 is 4.79 Å². The van der Waals surface area contributed by atoms with Crippen LogP contribution >= 0.6 is 11.8 Å². The molecule has 0 aliphatic heterocycles. The van der Waals surface area contributed by atoms with E-state index >= 15 is 0 Å². The van der Waals surface area contributed by atoms with Gasteiger partial charge in [-0.05, 0) is 111 Å². The predicted molar refractivity (Wildman–Crippen MR) is 150 cm³/mol. The highest BCUT2D eigenvalue weighted by Gasteiger charge is 2.10. The monoisotopic (exact) mass is 464 g/mol. The van der Waals surface area contributed by atoms with Gasteiger partial charge < -0.3 is 4.79 Å². The standard InChI is InChI=1S/C27H34S.C2H4O.C2H6/c1-6-23-16-27(21(4)15-20(23)3)14-19(2)18-28-22(5)25-13-12-24-10-8-7-9-11-26(24)17-25;1-2-3;1-2/h12-13,15-18H,5-11,14H2,1-4H3;2H,1H3;1-2H3/b19-18+;;. The van der Waals surface area contributed by atoms with Crippen molar-refractivity contribution in [2.75, 3.05) is 0 Å². The summed E-state index contributed by atoms with van der Waals surface area (Å²) in [5, 5.41) is 2.29. The molecule has 2 aromatic rings. The fourth-order valence-electron chi connectivity index (χ4n) is 4.18. The Balaban J connectivity index is 0.00000101. The van der Waals surface area contributed by atoms with E-state index in [0.717, 1.165) is 24.0 Å². The fourth-order valence-corrected chi connectivity index (χ4v) is 4.87. The van der Waals surface area contributed by atoms with Gasteiger partial charge in [0, 0.05) is 4.91 Å². The van der Waals surface area contributed by atoms with Crippen molar-refractivity contribution in [3.05, 3.63) is 86.8 Å². The summed E-state index contributed by atoms with van der Waals surface area (Å²) in [7, 11) is 0. The van der Waals surface area contributed by atoms with Gasteiger partial charge in [0.25, 0.3) is 0 Å². The van der Waals surface area contributed by atoms with E-state index in [-0.39, 0.29) is 0 Å². The highest BCUT2D eigenvalue weighted by Crippen LogP contribution is 2.31. The van der Waals surface area contributed by atoms with Crippen molar-refractivity contribution in [3.8, 4) is 0 Å². The minimum atomic E-state index is 0.750. The Kier molecular flexibility index (Phi) is 13.8. The molecule has 0 spiro atoms. The van der Waals surface area contributed by atoms with Gasteiger partial charge in [-0.15, -0.1) is 0 Å². The van der Waals surface area contributed by atoms with Gasteiger partial charge in [-0.2, -0.15) is 0 Å². The lowest BCUT2D eigenvalue weighted by Gasteiger charge is -2.12. The van der Waals surface area contributed by atoms with Crippen LogP contribution < -0.4 is 0 Å². The maximum Gasteiger partial charge on any atom is 0.116 e. The summed E-state index contributed by atoms with van der Waals surface area (Å²) in [6, 6.07) is 11.7. The van der Waals surface area contributed by atoms with Crippen molar-refractivity contribution in [2.24, 2.45) is 0 Å². The van der Waals surface area contributed by atoms with Gasteiger partial charge in [-0.1, -0.05) is 81.4 Å². The topological polar surface area (TPSA) is 17.1 Å². The van der Waals surface area contributed by atoms with Crippen LogP contribution in [0.25, 0.3) is 4.91 Å². The van der Waals surface area contributed by atoms with E-state index in [4.69, 9.17) is 4.79 Å². The molecule has 0 radical (unpaired) electrons.